The Balaban J connectivity index is 1.16. The molecule has 1 aromatic carbocycles. The predicted octanol–water partition coefficient (Wildman–Crippen LogP) is 4.10. The van der Waals surface area contributed by atoms with Crippen LogP contribution < -0.4 is 4.72 Å². The molecule has 1 atom stereocenters. The average Bonchev–Trinajstić information content (AvgIpc) is 3.72. The summed E-state index contributed by atoms with van der Waals surface area (Å²) in [6, 6.07) is 8.00. The molecule has 1 saturated heterocycles. The van der Waals surface area contributed by atoms with Gasteiger partial charge < -0.3 is 9.74 Å². The zero-order valence-electron chi connectivity index (χ0n) is 21.5. The second kappa shape index (κ2) is 12.7. The van der Waals surface area contributed by atoms with E-state index in [1.54, 1.807) is 0 Å². The van der Waals surface area contributed by atoms with Crippen molar-refractivity contribution in [1.82, 2.24) is 24.4 Å². The maximum atomic E-state index is 13.3. The molecule has 16 heteroatoms. The lowest BCUT2D eigenvalue weighted by molar-refractivity contribution is -0.133. The van der Waals surface area contributed by atoms with E-state index in [1.165, 1.54) is 16.2 Å². The lowest BCUT2D eigenvalue weighted by atomic mass is 9.97. The Hall–Kier alpha value is -3.37. The van der Waals surface area contributed by atoms with E-state index >= 15 is 0 Å². The van der Waals surface area contributed by atoms with Crippen molar-refractivity contribution in [3.63, 3.8) is 0 Å². The summed E-state index contributed by atoms with van der Waals surface area (Å²) in [5.74, 6) is -0.376. The Morgan fingerprint density at radius 2 is 1.90 bits per heavy atom. The van der Waals surface area contributed by atoms with Crippen molar-refractivity contribution in [3.05, 3.63) is 68.9 Å². The first-order valence-corrected chi connectivity index (χ1v) is 14.8. The number of rotatable bonds is 10. The molecule has 2 aromatic heterocycles. The summed E-state index contributed by atoms with van der Waals surface area (Å²) < 4.78 is 77.3. The van der Waals surface area contributed by atoms with Crippen LogP contribution in [-0.4, -0.2) is 52.8 Å². The molecular weight excluding hydrogens is 588 g/mol. The van der Waals surface area contributed by atoms with Crippen LogP contribution in [0.4, 0.5) is 17.6 Å². The Morgan fingerprint density at radius 3 is 2.61 bits per heavy atom. The average molecular weight is 615 g/mol. The van der Waals surface area contributed by atoms with Gasteiger partial charge in [0.1, 0.15) is 23.6 Å². The quantitative estimate of drug-likeness (QED) is 0.262. The second-order valence-electron chi connectivity index (χ2n) is 9.61. The number of amides is 1. The van der Waals surface area contributed by atoms with Crippen LogP contribution in [-0.2, 0) is 33.6 Å². The molecule has 10 nitrogen and oxygen atoms in total. The van der Waals surface area contributed by atoms with Crippen LogP contribution in [0.25, 0.3) is 0 Å². The molecule has 1 fully saturated rings. The van der Waals surface area contributed by atoms with Gasteiger partial charge in [0.2, 0.25) is 16.8 Å². The predicted molar refractivity (Wildman–Crippen MR) is 141 cm³/mol. The SMILES string of the molecule is O=C(Cn1nc(C(F)F)cc1C(F)F)N1CCC(c2nc(C3=NOC(c4ccccc4CN[SH](=O)=O)C3)cs2)CC1. The molecule has 41 heavy (non-hydrogen) atoms. The standard InChI is InChI=1S/C25H26F4N6O4S2/c26-23(27)18-9-20(24(28)29)35(32-18)12-22(36)34-7-5-14(6-8-34)25-31-19(13-40-25)17-10-21(39-33-17)16-4-2-1-3-15(16)11-30-41(37)38/h1-4,9,13-14,21,23-24,41H,5-8,10-12H2,(H,30,37,38). The van der Waals surface area contributed by atoms with E-state index in [0.29, 0.717) is 54.5 Å². The number of thiazole rings is 1. The normalized spacial score (nSPS) is 18.0. The molecular formula is C25H26F4N6O4S2. The monoisotopic (exact) mass is 614 g/mol. The molecule has 1 N–H and O–H groups in total. The molecule has 2 aliphatic heterocycles. The third kappa shape index (κ3) is 6.76. The minimum atomic E-state index is -3.03. The highest BCUT2D eigenvalue weighted by molar-refractivity contribution is 7.70. The van der Waals surface area contributed by atoms with Gasteiger partial charge in [0.15, 0.2) is 6.10 Å². The molecule has 2 aliphatic rings. The van der Waals surface area contributed by atoms with Gasteiger partial charge in [-0.15, -0.1) is 11.3 Å². The number of thiol groups is 1. The number of aromatic nitrogens is 3. The van der Waals surface area contributed by atoms with Crippen LogP contribution in [0.15, 0.2) is 40.9 Å². The van der Waals surface area contributed by atoms with Crippen molar-refractivity contribution >= 4 is 33.8 Å². The summed E-state index contributed by atoms with van der Waals surface area (Å²) in [4.78, 5) is 24.7. The molecule has 0 saturated carbocycles. The topological polar surface area (TPSA) is 119 Å². The van der Waals surface area contributed by atoms with Crippen LogP contribution in [0.1, 0.15) is 77.4 Å². The van der Waals surface area contributed by atoms with E-state index in [2.05, 4.69) is 15.0 Å². The van der Waals surface area contributed by atoms with Gasteiger partial charge in [0.25, 0.3) is 12.9 Å². The van der Waals surface area contributed by atoms with Gasteiger partial charge in [0.05, 0.1) is 10.7 Å². The smallest absolute Gasteiger partial charge is 0.282 e. The number of benzene rings is 1. The summed E-state index contributed by atoms with van der Waals surface area (Å²) in [7, 11) is -2.73. The number of carbonyl (C=O) groups excluding carboxylic acids is 1. The fourth-order valence-electron chi connectivity index (χ4n) is 4.93. The number of hydrogen-bond donors (Lipinski definition) is 2. The van der Waals surface area contributed by atoms with Crippen LogP contribution in [0.3, 0.4) is 0 Å². The number of nitrogens with one attached hydrogen (secondary N) is 1. The Kier molecular flexibility index (Phi) is 8.99. The number of carbonyl (C=O) groups is 1. The van der Waals surface area contributed by atoms with Gasteiger partial charge in [-0.2, -0.15) is 5.10 Å². The van der Waals surface area contributed by atoms with Crippen molar-refractivity contribution < 1.29 is 35.6 Å². The number of likely N-dealkylation sites (tertiary alicyclic amines) is 1. The number of nitrogens with zero attached hydrogens (tertiary/aromatic N) is 5. The van der Waals surface area contributed by atoms with Gasteiger partial charge in [-0.25, -0.2) is 35.7 Å². The van der Waals surface area contributed by atoms with E-state index in [-0.39, 0.29) is 18.6 Å². The van der Waals surface area contributed by atoms with Gasteiger partial charge in [-0.3, -0.25) is 9.48 Å². The highest BCUT2D eigenvalue weighted by Crippen LogP contribution is 2.35. The molecule has 4 heterocycles. The molecule has 1 amide bonds. The van der Waals surface area contributed by atoms with E-state index < -0.39 is 47.6 Å². The van der Waals surface area contributed by atoms with E-state index in [1.807, 2.05) is 29.6 Å². The number of piperidine rings is 1. The lowest BCUT2D eigenvalue weighted by Crippen LogP contribution is -2.40. The molecule has 5 rings (SSSR count). The highest BCUT2D eigenvalue weighted by atomic mass is 32.2. The summed E-state index contributed by atoms with van der Waals surface area (Å²) in [6.45, 7) is 0.362. The van der Waals surface area contributed by atoms with E-state index in [4.69, 9.17) is 9.82 Å². The number of alkyl halides is 4. The Bertz CT molecular complexity index is 1490. The third-order valence-electron chi connectivity index (χ3n) is 7.05. The third-order valence-corrected chi connectivity index (χ3v) is 8.47. The molecule has 3 aromatic rings. The maximum Gasteiger partial charge on any atom is 0.282 e. The summed E-state index contributed by atoms with van der Waals surface area (Å²) in [5, 5.41) is 10.5. The fourth-order valence-corrected chi connectivity index (χ4v) is 6.23. The van der Waals surface area contributed by atoms with Gasteiger partial charge in [0, 0.05) is 37.4 Å². The van der Waals surface area contributed by atoms with Crippen molar-refractivity contribution in [3.8, 4) is 0 Å². The van der Waals surface area contributed by atoms with Gasteiger partial charge in [-0.05, 0) is 30.0 Å². The first-order chi connectivity index (χ1) is 19.7. The fraction of sp³-hybridized carbons (Fsp3) is 0.440. The molecule has 220 valence electrons. The zero-order chi connectivity index (χ0) is 29.1. The van der Waals surface area contributed by atoms with Crippen molar-refractivity contribution in [1.29, 1.82) is 0 Å². The molecule has 0 radical (unpaired) electrons. The minimum absolute atomic E-state index is 0.0872. The van der Waals surface area contributed by atoms with Crippen molar-refractivity contribution in [2.24, 2.45) is 5.16 Å². The summed E-state index contributed by atoms with van der Waals surface area (Å²) >= 11 is 1.48. The highest BCUT2D eigenvalue weighted by Gasteiger charge is 2.30. The van der Waals surface area contributed by atoms with Crippen molar-refractivity contribution in [2.45, 2.75) is 57.2 Å². The summed E-state index contributed by atoms with van der Waals surface area (Å²) in [6.07, 6.45) is -4.72. The van der Waals surface area contributed by atoms with Gasteiger partial charge in [-0.1, -0.05) is 29.4 Å². The number of halogens is 4. The van der Waals surface area contributed by atoms with Crippen LogP contribution in [0.2, 0.25) is 0 Å². The molecule has 0 spiro atoms. The molecule has 0 aliphatic carbocycles. The number of oxime groups is 1. The van der Waals surface area contributed by atoms with Crippen LogP contribution in [0, 0.1) is 0 Å². The first kappa shape index (κ1) is 29.1. The Morgan fingerprint density at radius 1 is 1.15 bits per heavy atom. The largest absolute Gasteiger partial charge is 0.387 e. The van der Waals surface area contributed by atoms with E-state index in [0.717, 1.165) is 16.1 Å². The second-order valence-corrected chi connectivity index (χ2v) is 11.3. The van der Waals surface area contributed by atoms with Crippen LogP contribution >= 0.6 is 11.3 Å². The van der Waals surface area contributed by atoms with Gasteiger partial charge >= 0.3 is 0 Å². The Labute approximate surface area is 238 Å². The van der Waals surface area contributed by atoms with Crippen molar-refractivity contribution in [2.75, 3.05) is 13.1 Å². The molecule has 1 unspecified atom stereocenters. The zero-order valence-corrected chi connectivity index (χ0v) is 23.2. The minimum Gasteiger partial charge on any atom is -0.387 e. The van der Waals surface area contributed by atoms with Crippen LogP contribution in [0.5, 0.6) is 0 Å². The first-order valence-electron chi connectivity index (χ1n) is 12.8. The summed E-state index contributed by atoms with van der Waals surface area (Å²) in [5.41, 5.74) is 1.51. The van der Waals surface area contributed by atoms with E-state index in [9.17, 15) is 30.8 Å². The maximum absolute atomic E-state index is 13.3. The molecule has 0 bridgehead atoms. The lowest BCUT2D eigenvalue weighted by Gasteiger charge is -2.31. The number of hydrogen-bond acceptors (Lipinski definition) is 8.